The Hall–Kier alpha value is -1.51. The van der Waals surface area contributed by atoms with Crippen LogP contribution in [0, 0.1) is 0 Å². The van der Waals surface area contributed by atoms with Crippen molar-refractivity contribution in [2.24, 2.45) is 0 Å². The van der Waals surface area contributed by atoms with Gasteiger partial charge in [0.2, 0.25) is 0 Å². The molecule has 28 heavy (non-hydrogen) atoms. The fraction of sp³-hybridized carbons (Fsp3) is 0.545. The monoisotopic (exact) mass is 441 g/mol. The van der Waals surface area contributed by atoms with E-state index >= 15 is 0 Å². The van der Waals surface area contributed by atoms with Gasteiger partial charge in [0, 0.05) is 0 Å². The highest BCUT2D eigenvalue weighted by molar-refractivity contribution is 7.60. The van der Waals surface area contributed by atoms with Gasteiger partial charge in [-0.25, -0.2) is 24.1 Å². The van der Waals surface area contributed by atoms with Gasteiger partial charge in [-0.15, -0.1) is 0 Å². The van der Waals surface area contributed by atoms with Crippen molar-refractivity contribution in [1.82, 2.24) is 19.5 Å². The molecule has 1 aliphatic heterocycles. The molecule has 2 aromatic rings. The number of anilines is 1. The molecule has 17 heteroatoms. The van der Waals surface area contributed by atoms with Crippen molar-refractivity contribution in [3.05, 3.63) is 12.7 Å². The highest BCUT2D eigenvalue weighted by atomic mass is 31.3. The molecule has 0 radical (unpaired) electrons. The summed E-state index contributed by atoms with van der Waals surface area (Å²) < 4.78 is 37.1. The van der Waals surface area contributed by atoms with Crippen LogP contribution < -0.4 is 5.73 Å². The summed E-state index contributed by atoms with van der Waals surface area (Å²) in [6.07, 6.45) is -1.82. The number of phosphoric ester groups is 1. The molecule has 0 bridgehead atoms. The third kappa shape index (κ3) is 4.09. The first-order chi connectivity index (χ1) is 12.8. The number of ether oxygens (including phenoxy) is 1. The second kappa shape index (κ2) is 7.07. The number of nitrogen functional groups attached to an aromatic ring is 1. The summed E-state index contributed by atoms with van der Waals surface area (Å²) in [7, 11) is -10.5. The molecule has 0 aromatic carbocycles. The zero-order valence-electron chi connectivity index (χ0n) is 14.1. The minimum Gasteiger partial charge on any atom is -0.387 e. The van der Waals surface area contributed by atoms with Crippen LogP contribution in [0.3, 0.4) is 0 Å². The number of nitrogens with two attached hydrogens (primary N) is 1. The number of imidazole rings is 1. The number of fused-ring (bicyclic) bond motifs is 1. The number of hydrogen-bond acceptors (Lipinski definition) is 11. The van der Waals surface area contributed by atoms with Crippen molar-refractivity contribution in [3.63, 3.8) is 0 Å². The number of aromatic nitrogens is 4. The van der Waals surface area contributed by atoms with Gasteiger partial charge in [0.15, 0.2) is 17.7 Å². The van der Waals surface area contributed by atoms with E-state index in [4.69, 9.17) is 20.3 Å². The molecule has 2 aromatic heterocycles. The van der Waals surface area contributed by atoms with Crippen LogP contribution in [-0.4, -0.2) is 68.8 Å². The Labute approximate surface area is 156 Å². The first-order valence-electron chi connectivity index (χ1n) is 7.55. The molecular formula is C11H17N5O10P2. The first kappa shape index (κ1) is 21.2. The lowest BCUT2D eigenvalue weighted by molar-refractivity contribution is -0.0949. The lowest BCUT2D eigenvalue weighted by atomic mass is 9.96. The molecule has 1 unspecified atom stereocenters. The molecule has 3 rings (SSSR count). The number of nitrogens with zero attached hydrogens (tertiary/aromatic N) is 4. The summed E-state index contributed by atoms with van der Waals surface area (Å²) in [5.41, 5.74) is 4.20. The Balaban J connectivity index is 1.81. The quantitative estimate of drug-likeness (QED) is 0.284. The van der Waals surface area contributed by atoms with E-state index in [0.717, 1.165) is 6.33 Å². The predicted octanol–water partition coefficient (Wildman–Crippen LogP) is -1.36. The molecule has 7 N–H and O–H groups in total. The zero-order chi connectivity index (χ0) is 20.9. The van der Waals surface area contributed by atoms with Crippen molar-refractivity contribution >= 4 is 32.6 Å². The number of aliphatic hydroxyl groups is 2. The molecule has 15 nitrogen and oxygen atoms in total. The lowest BCUT2D eigenvalue weighted by Gasteiger charge is -2.27. The van der Waals surface area contributed by atoms with E-state index in [1.807, 2.05) is 0 Å². The minimum atomic E-state index is -5.30. The van der Waals surface area contributed by atoms with E-state index in [0.29, 0.717) is 0 Å². The molecule has 0 spiro atoms. The summed E-state index contributed by atoms with van der Waals surface area (Å²) in [4.78, 5) is 38.3. The average molecular weight is 441 g/mol. The molecule has 0 aliphatic carbocycles. The number of rotatable bonds is 6. The van der Waals surface area contributed by atoms with E-state index < -0.39 is 46.3 Å². The molecule has 156 valence electrons. The molecule has 0 saturated carbocycles. The molecule has 1 fully saturated rings. The van der Waals surface area contributed by atoms with Gasteiger partial charge < -0.3 is 35.4 Å². The van der Waals surface area contributed by atoms with Crippen LogP contribution in [0.1, 0.15) is 13.2 Å². The summed E-state index contributed by atoms with van der Waals surface area (Å²) in [5, 5.41) is 21.0. The molecule has 1 saturated heterocycles. The second-order valence-corrected chi connectivity index (χ2v) is 8.95. The summed E-state index contributed by atoms with van der Waals surface area (Å²) in [6, 6.07) is 0. The van der Waals surface area contributed by atoms with Gasteiger partial charge in [-0.05, 0) is 6.92 Å². The van der Waals surface area contributed by atoms with Crippen LogP contribution in [0.25, 0.3) is 11.2 Å². The van der Waals surface area contributed by atoms with Crippen molar-refractivity contribution < 1.29 is 47.6 Å². The van der Waals surface area contributed by atoms with Gasteiger partial charge >= 0.3 is 15.6 Å². The van der Waals surface area contributed by atoms with Gasteiger partial charge in [0.05, 0.1) is 12.9 Å². The van der Waals surface area contributed by atoms with Gasteiger partial charge in [0.1, 0.15) is 29.7 Å². The maximum atomic E-state index is 11.5. The van der Waals surface area contributed by atoms with E-state index in [2.05, 4.69) is 23.8 Å². The topological polar surface area (TPSA) is 233 Å². The third-order valence-corrected chi connectivity index (χ3v) is 6.16. The maximum Gasteiger partial charge on any atom is 0.481 e. The van der Waals surface area contributed by atoms with Crippen LogP contribution in [0.2, 0.25) is 0 Å². The average Bonchev–Trinajstić information content (AvgIpc) is 3.05. The van der Waals surface area contributed by atoms with Crippen LogP contribution in [0.5, 0.6) is 0 Å². The molecule has 5 atom stereocenters. The van der Waals surface area contributed by atoms with Gasteiger partial charge in [-0.2, -0.15) is 4.31 Å². The normalized spacial score (nSPS) is 30.6. The summed E-state index contributed by atoms with van der Waals surface area (Å²) in [6.45, 7) is 0.411. The molecule has 0 amide bonds. The minimum absolute atomic E-state index is 0.0811. The van der Waals surface area contributed by atoms with Crippen LogP contribution in [-0.2, 0) is 22.7 Å². The van der Waals surface area contributed by atoms with Gasteiger partial charge in [0.25, 0.3) is 0 Å². The number of aliphatic hydroxyl groups excluding tert-OH is 1. The van der Waals surface area contributed by atoms with Crippen molar-refractivity contribution in [1.29, 1.82) is 0 Å². The number of phosphoric acid groups is 2. The second-order valence-electron chi connectivity index (χ2n) is 6.12. The molecule has 3 heterocycles. The Morgan fingerprint density at radius 3 is 2.64 bits per heavy atom. The molecule has 1 aliphatic rings. The van der Waals surface area contributed by atoms with E-state index in [9.17, 15) is 24.2 Å². The standard InChI is InChI=1S/C11H17N5O10P2/c1-11(18)7(17)5(2-24-28(22,23)26-27(19,20)21)25-10(11)16-4-15-6-8(12)13-3-14-9(6)16/h3-5,7,10,17-18H,2H2,1H3,(H,22,23)(H2,12,13,14)(H2,19,20,21)/t5-,7-,10-,11-/m1/s1. The predicted molar refractivity (Wildman–Crippen MR) is 89.2 cm³/mol. The van der Waals surface area contributed by atoms with E-state index in [1.165, 1.54) is 17.8 Å². The third-order valence-electron chi connectivity index (χ3n) is 4.01. The summed E-state index contributed by atoms with van der Waals surface area (Å²) in [5.74, 6) is 0.0811. The Morgan fingerprint density at radius 2 is 2.00 bits per heavy atom. The fourth-order valence-corrected chi connectivity index (χ4v) is 4.34. The highest BCUT2D eigenvalue weighted by Crippen LogP contribution is 2.57. The first-order valence-corrected chi connectivity index (χ1v) is 10.6. The number of hydrogen-bond donors (Lipinski definition) is 6. The largest absolute Gasteiger partial charge is 0.481 e. The maximum absolute atomic E-state index is 11.5. The van der Waals surface area contributed by atoms with Gasteiger partial charge in [-0.1, -0.05) is 0 Å². The Bertz CT molecular complexity index is 976. The Kier molecular flexibility index (Phi) is 5.36. The summed E-state index contributed by atoms with van der Waals surface area (Å²) >= 11 is 0. The molecular weight excluding hydrogens is 424 g/mol. The highest BCUT2D eigenvalue weighted by Gasteiger charge is 2.54. The van der Waals surface area contributed by atoms with Gasteiger partial charge in [-0.3, -0.25) is 9.09 Å². The SMILES string of the molecule is C[C@@]1(O)[C@H](O)[C@@H](COP(=O)(O)OP(=O)(O)O)O[C@H]1n1cnc2c(N)ncnc21. The van der Waals surface area contributed by atoms with Crippen LogP contribution >= 0.6 is 15.6 Å². The van der Waals surface area contributed by atoms with Crippen LogP contribution in [0.15, 0.2) is 12.7 Å². The van der Waals surface area contributed by atoms with E-state index in [-0.39, 0.29) is 17.0 Å². The lowest BCUT2D eigenvalue weighted by Crippen LogP contribution is -2.44. The zero-order valence-corrected chi connectivity index (χ0v) is 15.9. The fourth-order valence-electron chi connectivity index (χ4n) is 2.75. The van der Waals surface area contributed by atoms with Crippen molar-refractivity contribution in [3.8, 4) is 0 Å². The Morgan fingerprint density at radius 1 is 1.32 bits per heavy atom. The van der Waals surface area contributed by atoms with Crippen molar-refractivity contribution in [2.75, 3.05) is 12.3 Å². The van der Waals surface area contributed by atoms with Crippen molar-refractivity contribution in [2.45, 2.75) is 31.0 Å². The van der Waals surface area contributed by atoms with Crippen LogP contribution in [0.4, 0.5) is 5.82 Å². The smallest absolute Gasteiger partial charge is 0.387 e. The van der Waals surface area contributed by atoms with E-state index in [1.54, 1.807) is 0 Å².